The van der Waals surface area contributed by atoms with E-state index < -0.39 is 42.2 Å². The number of benzene rings is 1. The number of amides is 3. The highest BCUT2D eigenvalue weighted by Crippen LogP contribution is 2.43. The SMILES string of the molecule is CO[C@@H](C1CSC(C(C)(C)C)N1C(=O)O)[C@@H](C)C(=O)N1C(=O)OCC1c1ccccc1. The van der Waals surface area contributed by atoms with Crippen LogP contribution in [0.4, 0.5) is 9.59 Å². The molecule has 0 radical (unpaired) electrons. The third-order valence-corrected chi connectivity index (χ3v) is 7.61. The molecule has 9 heteroatoms. The Kier molecular flexibility index (Phi) is 6.85. The first-order chi connectivity index (χ1) is 14.6. The zero-order valence-electron chi connectivity index (χ0n) is 18.5. The van der Waals surface area contributed by atoms with E-state index in [4.69, 9.17) is 9.47 Å². The number of rotatable bonds is 5. The molecule has 0 saturated carbocycles. The quantitative estimate of drug-likeness (QED) is 0.728. The molecule has 2 aliphatic rings. The van der Waals surface area contributed by atoms with E-state index in [1.54, 1.807) is 18.7 Å². The van der Waals surface area contributed by atoms with Crippen molar-refractivity contribution in [3.05, 3.63) is 35.9 Å². The van der Waals surface area contributed by atoms with Crippen molar-refractivity contribution in [1.29, 1.82) is 0 Å². The largest absolute Gasteiger partial charge is 0.465 e. The van der Waals surface area contributed by atoms with Crippen molar-refractivity contribution < 1.29 is 29.0 Å². The van der Waals surface area contributed by atoms with Gasteiger partial charge in [0.25, 0.3) is 0 Å². The molecule has 0 aromatic heterocycles. The zero-order chi connectivity index (χ0) is 22.9. The van der Waals surface area contributed by atoms with Crippen molar-refractivity contribution in [2.45, 2.75) is 51.3 Å². The number of nitrogens with zero attached hydrogens (tertiary/aromatic N) is 2. The molecule has 2 saturated heterocycles. The first-order valence-electron chi connectivity index (χ1n) is 10.3. The summed E-state index contributed by atoms with van der Waals surface area (Å²) in [6.07, 6.45) is -2.43. The van der Waals surface area contributed by atoms with Crippen molar-refractivity contribution in [1.82, 2.24) is 9.80 Å². The lowest BCUT2D eigenvalue weighted by Gasteiger charge is -2.38. The highest BCUT2D eigenvalue weighted by molar-refractivity contribution is 8.00. The summed E-state index contributed by atoms with van der Waals surface area (Å²) in [5.74, 6) is -0.664. The lowest BCUT2D eigenvalue weighted by molar-refractivity contribution is -0.139. The summed E-state index contributed by atoms with van der Waals surface area (Å²) < 4.78 is 10.9. The van der Waals surface area contributed by atoms with E-state index in [1.165, 1.54) is 12.0 Å². The monoisotopic (exact) mass is 450 g/mol. The number of ether oxygens (including phenoxy) is 2. The van der Waals surface area contributed by atoms with Crippen LogP contribution in [-0.2, 0) is 14.3 Å². The maximum atomic E-state index is 13.4. The molecule has 2 heterocycles. The fourth-order valence-electron chi connectivity index (χ4n) is 4.33. The summed E-state index contributed by atoms with van der Waals surface area (Å²) in [4.78, 5) is 40.5. The molecule has 3 rings (SSSR count). The van der Waals surface area contributed by atoms with Crippen LogP contribution in [0.25, 0.3) is 0 Å². The number of cyclic esters (lactones) is 1. The predicted octanol–water partition coefficient (Wildman–Crippen LogP) is 3.83. The average Bonchev–Trinajstić information content (AvgIpc) is 3.33. The van der Waals surface area contributed by atoms with Gasteiger partial charge in [-0.2, -0.15) is 0 Å². The molecule has 1 aromatic rings. The Balaban J connectivity index is 1.85. The topological polar surface area (TPSA) is 96.4 Å². The molecular weight excluding hydrogens is 420 g/mol. The minimum atomic E-state index is -1.04. The second-order valence-corrected chi connectivity index (χ2v) is 10.1. The number of methoxy groups -OCH3 is 1. The maximum Gasteiger partial charge on any atom is 0.417 e. The summed E-state index contributed by atoms with van der Waals surface area (Å²) in [5, 5.41) is 9.65. The van der Waals surface area contributed by atoms with Crippen molar-refractivity contribution in [2.75, 3.05) is 19.5 Å². The zero-order valence-corrected chi connectivity index (χ0v) is 19.3. The summed E-state index contributed by atoms with van der Waals surface area (Å²) >= 11 is 1.55. The van der Waals surface area contributed by atoms with E-state index >= 15 is 0 Å². The first-order valence-corrected chi connectivity index (χ1v) is 11.3. The number of thioether (sulfide) groups is 1. The van der Waals surface area contributed by atoms with Crippen LogP contribution in [0.15, 0.2) is 30.3 Å². The molecule has 3 unspecified atom stereocenters. The van der Waals surface area contributed by atoms with E-state index in [-0.39, 0.29) is 17.4 Å². The summed E-state index contributed by atoms with van der Waals surface area (Å²) in [6, 6.07) is 8.21. The normalized spacial score (nSPS) is 26.0. The molecule has 31 heavy (non-hydrogen) atoms. The van der Waals surface area contributed by atoms with Crippen LogP contribution >= 0.6 is 11.8 Å². The smallest absolute Gasteiger partial charge is 0.417 e. The molecule has 0 aliphatic carbocycles. The fraction of sp³-hybridized carbons (Fsp3) is 0.591. The van der Waals surface area contributed by atoms with Crippen LogP contribution in [0.2, 0.25) is 0 Å². The van der Waals surface area contributed by atoms with Gasteiger partial charge in [0, 0.05) is 12.9 Å². The Morgan fingerprint density at radius 3 is 2.45 bits per heavy atom. The van der Waals surface area contributed by atoms with Gasteiger partial charge in [-0.05, 0) is 11.0 Å². The fourth-order valence-corrected chi connectivity index (χ4v) is 5.96. The lowest BCUT2D eigenvalue weighted by Crippen LogP contribution is -2.54. The molecule has 5 atom stereocenters. The molecule has 0 spiro atoms. The highest BCUT2D eigenvalue weighted by atomic mass is 32.2. The molecule has 2 fully saturated rings. The maximum absolute atomic E-state index is 13.4. The molecule has 0 bridgehead atoms. The molecule has 2 aliphatic heterocycles. The van der Waals surface area contributed by atoms with Gasteiger partial charge in [0.15, 0.2) is 0 Å². The van der Waals surface area contributed by atoms with Crippen LogP contribution in [0.1, 0.15) is 39.3 Å². The van der Waals surface area contributed by atoms with Gasteiger partial charge in [-0.25, -0.2) is 14.5 Å². The minimum Gasteiger partial charge on any atom is -0.465 e. The van der Waals surface area contributed by atoms with Gasteiger partial charge in [-0.15, -0.1) is 11.8 Å². The van der Waals surface area contributed by atoms with Gasteiger partial charge in [0.05, 0.1) is 23.4 Å². The molecule has 8 nitrogen and oxygen atoms in total. The summed E-state index contributed by atoms with van der Waals surface area (Å²) in [7, 11) is 1.47. The second kappa shape index (κ2) is 9.08. The number of hydrogen-bond acceptors (Lipinski definition) is 6. The Labute approximate surface area is 186 Å². The van der Waals surface area contributed by atoms with Crippen molar-refractivity contribution in [2.24, 2.45) is 11.3 Å². The Morgan fingerprint density at radius 2 is 1.90 bits per heavy atom. The Morgan fingerprint density at radius 1 is 1.26 bits per heavy atom. The first kappa shape index (κ1) is 23.4. The van der Waals surface area contributed by atoms with Crippen LogP contribution in [0.3, 0.4) is 0 Å². The molecular formula is C22H30N2O6S. The molecule has 1 N–H and O–H groups in total. The number of carbonyl (C=O) groups is 3. The van der Waals surface area contributed by atoms with Gasteiger partial charge in [-0.3, -0.25) is 9.69 Å². The van der Waals surface area contributed by atoms with Crippen LogP contribution < -0.4 is 0 Å². The van der Waals surface area contributed by atoms with Gasteiger partial charge in [0.2, 0.25) is 5.91 Å². The van der Waals surface area contributed by atoms with Crippen molar-refractivity contribution in [3.63, 3.8) is 0 Å². The van der Waals surface area contributed by atoms with Gasteiger partial charge in [0.1, 0.15) is 12.6 Å². The average molecular weight is 451 g/mol. The lowest BCUT2D eigenvalue weighted by atomic mass is 9.91. The van der Waals surface area contributed by atoms with E-state index in [1.807, 2.05) is 51.1 Å². The Hall–Kier alpha value is -2.26. The van der Waals surface area contributed by atoms with Crippen LogP contribution in [0.5, 0.6) is 0 Å². The number of carbonyl (C=O) groups excluding carboxylic acids is 2. The van der Waals surface area contributed by atoms with E-state index in [9.17, 15) is 19.5 Å². The molecule has 170 valence electrons. The standard InChI is InChI=1S/C22H30N2O6S/c1-13(17(29-5)16-12-31-19(22(2,3)4)24(16)20(26)27)18(25)23-15(11-30-21(23)28)14-9-7-6-8-10-14/h6-10,13,15-17,19H,11-12H2,1-5H3,(H,26,27)/t13-,15?,16?,17-,19?/m1/s1. The third-order valence-electron chi connectivity index (χ3n) is 5.83. The van der Waals surface area contributed by atoms with Gasteiger partial charge >= 0.3 is 12.2 Å². The van der Waals surface area contributed by atoms with E-state index in [2.05, 4.69) is 0 Å². The van der Waals surface area contributed by atoms with E-state index in [0.717, 1.165) is 10.5 Å². The second-order valence-electron chi connectivity index (χ2n) is 9.01. The van der Waals surface area contributed by atoms with E-state index in [0.29, 0.717) is 5.75 Å². The van der Waals surface area contributed by atoms with Crippen molar-refractivity contribution in [3.8, 4) is 0 Å². The van der Waals surface area contributed by atoms with Crippen molar-refractivity contribution >= 4 is 29.9 Å². The van der Waals surface area contributed by atoms with Crippen LogP contribution in [-0.4, -0.2) is 70.0 Å². The number of hydrogen-bond donors (Lipinski definition) is 1. The third kappa shape index (κ3) is 4.52. The number of carboxylic acid groups (broad SMARTS) is 1. The van der Waals surface area contributed by atoms with Gasteiger partial charge in [-0.1, -0.05) is 58.0 Å². The Bertz CT molecular complexity index is 827. The minimum absolute atomic E-state index is 0.0889. The predicted molar refractivity (Wildman–Crippen MR) is 117 cm³/mol. The molecule has 3 amide bonds. The van der Waals surface area contributed by atoms with Gasteiger partial charge < -0.3 is 14.6 Å². The molecule has 1 aromatic carbocycles. The summed E-state index contributed by atoms with van der Waals surface area (Å²) in [5.41, 5.74) is 0.528. The number of imide groups is 1. The van der Waals surface area contributed by atoms with Crippen LogP contribution in [0, 0.1) is 11.3 Å². The highest BCUT2D eigenvalue weighted by Gasteiger charge is 2.50. The summed E-state index contributed by atoms with van der Waals surface area (Å²) in [6.45, 7) is 7.74.